The van der Waals surface area contributed by atoms with Gasteiger partial charge in [0.2, 0.25) is 11.9 Å². The Morgan fingerprint density at radius 1 is 1.24 bits per heavy atom. The summed E-state index contributed by atoms with van der Waals surface area (Å²) >= 11 is 0. The number of nitrogens with zero attached hydrogens (tertiary/aromatic N) is 4. The van der Waals surface area contributed by atoms with Crippen molar-refractivity contribution >= 4 is 11.9 Å². The number of anilines is 1. The maximum Gasteiger partial charge on any atom is 0.228 e. The Kier molecular flexibility index (Phi) is 4.99. The summed E-state index contributed by atoms with van der Waals surface area (Å²) in [4.78, 5) is 27.0. The second-order valence-corrected chi connectivity index (χ2v) is 8.85. The highest BCUT2D eigenvalue weighted by atomic mass is 16.3. The van der Waals surface area contributed by atoms with Crippen molar-refractivity contribution in [1.29, 1.82) is 0 Å². The molecule has 154 valence electrons. The fraction of sp³-hybridized carbons (Fsp3) is 0.591. The number of fused-ring (bicyclic) bond motifs is 1. The van der Waals surface area contributed by atoms with E-state index < -0.39 is 0 Å². The molecule has 7 nitrogen and oxygen atoms in total. The molecule has 2 atom stereocenters. The van der Waals surface area contributed by atoms with Gasteiger partial charge in [0.05, 0.1) is 18.2 Å². The SMILES string of the molecule is O=C(NCC1CC1)[C@@]12CCCN(Cc3ccco3)C[C@H]1CN(c1ncccn1)C2. The van der Waals surface area contributed by atoms with E-state index in [9.17, 15) is 4.79 Å². The molecule has 0 spiro atoms. The van der Waals surface area contributed by atoms with E-state index in [0.717, 1.165) is 57.3 Å². The Balaban J connectivity index is 1.37. The lowest BCUT2D eigenvalue weighted by Crippen LogP contribution is -2.48. The van der Waals surface area contributed by atoms with Gasteiger partial charge in [-0.15, -0.1) is 0 Å². The molecule has 3 fully saturated rings. The molecule has 0 bridgehead atoms. The summed E-state index contributed by atoms with van der Waals surface area (Å²) in [5.41, 5.74) is -0.369. The molecular weight excluding hydrogens is 366 g/mol. The average molecular weight is 396 g/mol. The number of hydrogen-bond acceptors (Lipinski definition) is 6. The minimum atomic E-state index is -0.369. The number of likely N-dealkylation sites (tertiary alicyclic amines) is 1. The van der Waals surface area contributed by atoms with Crippen molar-refractivity contribution in [3.05, 3.63) is 42.6 Å². The molecule has 5 rings (SSSR count). The fourth-order valence-corrected chi connectivity index (χ4v) is 4.99. The van der Waals surface area contributed by atoms with Gasteiger partial charge >= 0.3 is 0 Å². The molecular formula is C22H29N5O2. The third-order valence-corrected chi connectivity index (χ3v) is 6.77. The van der Waals surface area contributed by atoms with E-state index in [-0.39, 0.29) is 17.2 Å². The summed E-state index contributed by atoms with van der Waals surface area (Å²) in [7, 11) is 0. The van der Waals surface area contributed by atoms with Gasteiger partial charge in [-0.05, 0) is 56.3 Å². The summed E-state index contributed by atoms with van der Waals surface area (Å²) in [6.45, 7) is 5.02. The van der Waals surface area contributed by atoms with Gasteiger partial charge in [0.1, 0.15) is 5.76 Å². The topological polar surface area (TPSA) is 74.5 Å². The molecule has 29 heavy (non-hydrogen) atoms. The van der Waals surface area contributed by atoms with E-state index in [1.54, 1.807) is 18.7 Å². The second kappa shape index (κ2) is 7.78. The second-order valence-electron chi connectivity index (χ2n) is 8.85. The Morgan fingerprint density at radius 2 is 2.10 bits per heavy atom. The number of carbonyl (C=O) groups excluding carboxylic acids is 1. The average Bonchev–Trinajstić information content (AvgIpc) is 3.36. The monoisotopic (exact) mass is 395 g/mol. The molecule has 4 heterocycles. The standard InChI is InChI=1S/C22H29N5O2/c28-20(25-12-17-5-6-17)22-7-2-10-26(15-19-4-1-11-29-19)13-18(22)14-27(16-22)21-23-8-3-9-24-21/h1,3-4,8-9,11,17-18H,2,5-7,10,12-16H2,(H,25,28)/t18-,22+/m0/s1. The Morgan fingerprint density at radius 3 is 2.86 bits per heavy atom. The highest BCUT2D eigenvalue weighted by Gasteiger charge is 2.53. The molecule has 2 aliphatic heterocycles. The zero-order chi connectivity index (χ0) is 19.7. The van der Waals surface area contributed by atoms with Crippen LogP contribution in [0.15, 0.2) is 41.3 Å². The van der Waals surface area contributed by atoms with Crippen molar-refractivity contribution in [2.45, 2.75) is 32.2 Å². The first kappa shape index (κ1) is 18.6. The predicted molar refractivity (Wildman–Crippen MR) is 109 cm³/mol. The first-order chi connectivity index (χ1) is 14.2. The summed E-state index contributed by atoms with van der Waals surface area (Å²) in [5, 5.41) is 3.29. The lowest BCUT2D eigenvalue weighted by Gasteiger charge is -2.32. The van der Waals surface area contributed by atoms with Crippen molar-refractivity contribution in [2.75, 3.05) is 37.6 Å². The summed E-state index contributed by atoms with van der Waals surface area (Å²) in [5.74, 6) is 2.88. The number of aromatic nitrogens is 2. The summed E-state index contributed by atoms with van der Waals surface area (Å²) < 4.78 is 5.57. The molecule has 1 aliphatic carbocycles. The molecule has 1 N–H and O–H groups in total. The maximum absolute atomic E-state index is 13.5. The first-order valence-corrected chi connectivity index (χ1v) is 10.8. The summed E-state index contributed by atoms with van der Waals surface area (Å²) in [6, 6.07) is 5.80. The van der Waals surface area contributed by atoms with Crippen molar-refractivity contribution in [3.8, 4) is 0 Å². The number of nitrogens with one attached hydrogen (secondary N) is 1. The lowest BCUT2D eigenvalue weighted by atomic mass is 9.74. The van der Waals surface area contributed by atoms with Crippen LogP contribution in [0.2, 0.25) is 0 Å². The van der Waals surface area contributed by atoms with Crippen LogP contribution in [0.5, 0.6) is 0 Å². The van der Waals surface area contributed by atoms with Crippen LogP contribution >= 0.6 is 0 Å². The van der Waals surface area contributed by atoms with Crippen molar-refractivity contribution in [2.24, 2.45) is 17.3 Å². The third-order valence-electron chi connectivity index (χ3n) is 6.77. The number of furan rings is 1. The zero-order valence-corrected chi connectivity index (χ0v) is 16.8. The van der Waals surface area contributed by atoms with Gasteiger partial charge in [-0.25, -0.2) is 9.97 Å². The molecule has 1 amide bonds. The Labute approximate surface area is 171 Å². The molecule has 7 heteroatoms. The van der Waals surface area contributed by atoms with Crippen LogP contribution in [0.25, 0.3) is 0 Å². The molecule has 2 saturated heterocycles. The smallest absolute Gasteiger partial charge is 0.228 e. The number of rotatable bonds is 6. The third kappa shape index (κ3) is 3.88. The van der Waals surface area contributed by atoms with Gasteiger partial charge in [-0.2, -0.15) is 0 Å². The van der Waals surface area contributed by atoms with Crippen LogP contribution in [0.1, 0.15) is 31.4 Å². The molecule has 0 unspecified atom stereocenters. The van der Waals surface area contributed by atoms with Gasteiger partial charge in [0.25, 0.3) is 0 Å². The highest BCUT2D eigenvalue weighted by Crippen LogP contribution is 2.44. The fourth-order valence-electron chi connectivity index (χ4n) is 4.99. The number of amides is 1. The first-order valence-electron chi connectivity index (χ1n) is 10.8. The van der Waals surface area contributed by atoms with Crippen molar-refractivity contribution in [1.82, 2.24) is 20.2 Å². The van der Waals surface area contributed by atoms with Crippen molar-refractivity contribution < 1.29 is 9.21 Å². The van der Waals surface area contributed by atoms with Crippen LogP contribution < -0.4 is 10.2 Å². The molecule has 3 aliphatic rings. The van der Waals surface area contributed by atoms with Crippen LogP contribution in [0, 0.1) is 17.3 Å². The lowest BCUT2D eigenvalue weighted by molar-refractivity contribution is -0.132. The molecule has 2 aromatic rings. The minimum Gasteiger partial charge on any atom is -0.468 e. The largest absolute Gasteiger partial charge is 0.468 e. The molecule has 0 radical (unpaired) electrons. The normalized spacial score (nSPS) is 27.4. The minimum absolute atomic E-state index is 0.229. The maximum atomic E-state index is 13.5. The Bertz CT molecular complexity index is 823. The van der Waals surface area contributed by atoms with E-state index in [0.29, 0.717) is 12.5 Å². The van der Waals surface area contributed by atoms with E-state index >= 15 is 0 Å². The van der Waals surface area contributed by atoms with Crippen LogP contribution in [-0.2, 0) is 11.3 Å². The predicted octanol–water partition coefficient (Wildman–Crippen LogP) is 2.31. The number of hydrogen-bond donors (Lipinski definition) is 1. The Hall–Kier alpha value is -2.41. The van der Waals surface area contributed by atoms with E-state index in [1.807, 2.05) is 18.2 Å². The van der Waals surface area contributed by atoms with Crippen LogP contribution in [-0.4, -0.2) is 53.5 Å². The molecule has 1 saturated carbocycles. The van der Waals surface area contributed by atoms with Gasteiger partial charge < -0.3 is 14.6 Å². The van der Waals surface area contributed by atoms with E-state index in [1.165, 1.54) is 12.8 Å². The van der Waals surface area contributed by atoms with Gasteiger partial charge in [-0.1, -0.05) is 0 Å². The van der Waals surface area contributed by atoms with Crippen LogP contribution in [0.3, 0.4) is 0 Å². The zero-order valence-electron chi connectivity index (χ0n) is 16.8. The highest BCUT2D eigenvalue weighted by molar-refractivity contribution is 5.84. The quantitative estimate of drug-likeness (QED) is 0.809. The van der Waals surface area contributed by atoms with E-state index in [2.05, 4.69) is 25.1 Å². The van der Waals surface area contributed by atoms with Crippen molar-refractivity contribution in [3.63, 3.8) is 0 Å². The summed E-state index contributed by atoms with van der Waals surface area (Å²) in [6.07, 6.45) is 9.70. The van der Waals surface area contributed by atoms with E-state index in [4.69, 9.17) is 4.42 Å². The number of carbonyl (C=O) groups is 1. The van der Waals surface area contributed by atoms with Gasteiger partial charge in [0.15, 0.2) is 0 Å². The molecule has 2 aromatic heterocycles. The van der Waals surface area contributed by atoms with Gasteiger partial charge in [0, 0.05) is 44.5 Å². The van der Waals surface area contributed by atoms with Gasteiger partial charge in [-0.3, -0.25) is 9.69 Å². The molecule has 0 aromatic carbocycles. The van der Waals surface area contributed by atoms with Crippen LogP contribution in [0.4, 0.5) is 5.95 Å².